The van der Waals surface area contributed by atoms with Crippen molar-refractivity contribution in [3.8, 4) is 11.4 Å². The van der Waals surface area contributed by atoms with Gasteiger partial charge in [-0.2, -0.15) is 18.3 Å². The predicted octanol–water partition coefficient (Wildman–Crippen LogP) is 4.62. The number of nitrogens with zero attached hydrogens (tertiary/aromatic N) is 6. The minimum Gasteiger partial charge on any atom is -0.381 e. The number of rotatable bonds is 3. The number of alkyl halides is 3. The normalized spacial score (nSPS) is 18.1. The van der Waals surface area contributed by atoms with E-state index >= 15 is 0 Å². The molecule has 2 fully saturated rings. The molecule has 13 heteroatoms. The van der Waals surface area contributed by atoms with E-state index in [-0.39, 0.29) is 45.0 Å². The van der Waals surface area contributed by atoms with Gasteiger partial charge in [0, 0.05) is 50.1 Å². The molecule has 6 heterocycles. The minimum absolute atomic E-state index is 0.00512. The number of piperidine rings is 1. The molecule has 0 aliphatic carbocycles. The lowest BCUT2D eigenvalue weighted by atomic mass is 9.72. The second-order valence-electron chi connectivity index (χ2n) is 9.96. The van der Waals surface area contributed by atoms with Gasteiger partial charge in [0.05, 0.1) is 17.4 Å². The molecule has 6 rings (SSSR count). The number of amides is 1. The number of pyridine rings is 2. The Morgan fingerprint density at radius 1 is 1.03 bits per heavy atom. The molecule has 2 aliphatic rings. The fraction of sp³-hybridized carbons (Fsp3) is 0.440. The minimum atomic E-state index is -4.60. The van der Waals surface area contributed by atoms with Crippen LogP contribution < -0.4 is 0 Å². The lowest BCUT2D eigenvalue weighted by Crippen LogP contribution is -2.45. The van der Waals surface area contributed by atoms with Crippen LogP contribution in [0.4, 0.5) is 22.0 Å². The highest BCUT2D eigenvalue weighted by Crippen LogP contribution is 2.41. The number of likely N-dealkylation sites (tertiary alicyclic amines) is 1. The van der Waals surface area contributed by atoms with Gasteiger partial charge in [0.1, 0.15) is 23.7 Å². The van der Waals surface area contributed by atoms with Crippen molar-refractivity contribution in [3.63, 3.8) is 0 Å². The Hall–Kier alpha value is -3.61. The zero-order valence-corrected chi connectivity index (χ0v) is 20.1. The van der Waals surface area contributed by atoms with Crippen LogP contribution in [-0.2, 0) is 11.3 Å². The second kappa shape index (κ2) is 9.00. The topological polar surface area (TPSA) is 77.6 Å². The third kappa shape index (κ3) is 4.38. The lowest BCUT2D eigenvalue weighted by Gasteiger charge is -2.44. The number of aromatic nitrogens is 5. The van der Waals surface area contributed by atoms with Crippen molar-refractivity contribution >= 4 is 22.5 Å². The summed E-state index contributed by atoms with van der Waals surface area (Å²) >= 11 is 0. The van der Waals surface area contributed by atoms with Gasteiger partial charge >= 0.3 is 6.18 Å². The van der Waals surface area contributed by atoms with Crippen LogP contribution in [0.2, 0.25) is 0 Å². The van der Waals surface area contributed by atoms with E-state index in [1.165, 1.54) is 18.5 Å². The molecule has 0 bridgehead atoms. The van der Waals surface area contributed by atoms with Gasteiger partial charge in [0.2, 0.25) is 0 Å². The summed E-state index contributed by atoms with van der Waals surface area (Å²) in [5, 5.41) is 4.30. The van der Waals surface area contributed by atoms with Gasteiger partial charge < -0.3 is 9.64 Å². The molecule has 0 saturated carbocycles. The number of imidazole rings is 1. The molecule has 2 saturated heterocycles. The first-order valence-corrected chi connectivity index (χ1v) is 12.3. The molecule has 38 heavy (non-hydrogen) atoms. The van der Waals surface area contributed by atoms with E-state index in [1.54, 1.807) is 4.90 Å². The number of carbonyl (C=O) groups is 1. The van der Waals surface area contributed by atoms with E-state index in [1.807, 2.05) is 0 Å². The zero-order chi connectivity index (χ0) is 26.7. The summed E-state index contributed by atoms with van der Waals surface area (Å²) in [4.78, 5) is 23.2. The quantitative estimate of drug-likeness (QED) is 0.359. The maximum absolute atomic E-state index is 14.2. The van der Waals surface area contributed by atoms with Crippen molar-refractivity contribution in [1.29, 1.82) is 0 Å². The monoisotopic (exact) mass is 534 g/mol. The number of hydrogen-bond acceptors (Lipinski definition) is 5. The van der Waals surface area contributed by atoms with Crippen molar-refractivity contribution in [2.45, 2.75) is 38.4 Å². The largest absolute Gasteiger partial charge is 0.408 e. The standard InChI is InChI=1S/C25H23F5N6O2/c26-15-9-17(27)22-32-12-20(35(22)13-15)21-16-11-31-18(10-19(16)36(33-21)14-25(28,29)30)23(37)34-5-1-24(2-6-34)3-7-38-8-4-24/h9-13H,1-8,14H2. The molecular formula is C25H23F5N6O2. The maximum atomic E-state index is 14.2. The fourth-order valence-electron chi connectivity index (χ4n) is 5.51. The van der Waals surface area contributed by atoms with Crippen molar-refractivity contribution in [3.05, 3.63) is 48.1 Å². The molecule has 0 radical (unpaired) electrons. The van der Waals surface area contributed by atoms with E-state index in [9.17, 15) is 26.7 Å². The Morgan fingerprint density at radius 2 is 1.76 bits per heavy atom. The molecule has 0 N–H and O–H groups in total. The third-order valence-electron chi connectivity index (χ3n) is 7.62. The van der Waals surface area contributed by atoms with Crippen LogP contribution >= 0.6 is 0 Å². The zero-order valence-electron chi connectivity index (χ0n) is 20.1. The summed E-state index contributed by atoms with van der Waals surface area (Å²) in [6.45, 7) is 1.07. The first-order valence-electron chi connectivity index (χ1n) is 12.3. The lowest BCUT2D eigenvalue weighted by molar-refractivity contribution is -0.141. The van der Waals surface area contributed by atoms with Crippen LogP contribution in [-0.4, -0.2) is 67.4 Å². The van der Waals surface area contributed by atoms with E-state index in [0.717, 1.165) is 41.0 Å². The third-order valence-corrected chi connectivity index (χ3v) is 7.62. The average molecular weight is 534 g/mol. The van der Waals surface area contributed by atoms with Crippen LogP contribution in [0.15, 0.2) is 30.7 Å². The van der Waals surface area contributed by atoms with Gasteiger partial charge in [-0.1, -0.05) is 0 Å². The second-order valence-corrected chi connectivity index (χ2v) is 9.96. The van der Waals surface area contributed by atoms with Crippen molar-refractivity contribution < 1.29 is 31.5 Å². The summed E-state index contributed by atoms with van der Waals surface area (Å²) in [5.41, 5.74) is 0.0910. The van der Waals surface area contributed by atoms with Gasteiger partial charge in [-0.25, -0.2) is 13.8 Å². The van der Waals surface area contributed by atoms with Gasteiger partial charge in [-0.05, 0) is 37.2 Å². The van der Waals surface area contributed by atoms with Gasteiger partial charge in [0.25, 0.3) is 5.91 Å². The van der Waals surface area contributed by atoms with E-state index < -0.39 is 24.4 Å². The summed E-state index contributed by atoms with van der Waals surface area (Å²) in [6, 6.07) is 1.96. The molecule has 4 aromatic rings. The average Bonchev–Trinajstić information content (AvgIpc) is 3.45. The van der Waals surface area contributed by atoms with Crippen LogP contribution in [0, 0.1) is 17.0 Å². The van der Waals surface area contributed by atoms with Crippen LogP contribution in [0.5, 0.6) is 0 Å². The highest BCUT2D eigenvalue weighted by molar-refractivity contribution is 5.99. The fourth-order valence-corrected chi connectivity index (χ4v) is 5.51. The number of carbonyl (C=O) groups excluding carboxylic acids is 1. The molecule has 4 aromatic heterocycles. The first-order chi connectivity index (χ1) is 18.1. The van der Waals surface area contributed by atoms with Crippen molar-refractivity contribution in [2.75, 3.05) is 26.3 Å². The SMILES string of the molecule is O=C(c1cc2c(cn1)c(-c1cnc3c(F)cc(F)cn13)nn2CC(F)(F)F)N1CCC2(CCOCC2)CC1. The molecule has 200 valence electrons. The maximum Gasteiger partial charge on any atom is 0.408 e. The number of hydrogen-bond donors (Lipinski definition) is 0. The van der Waals surface area contributed by atoms with E-state index in [2.05, 4.69) is 15.1 Å². The Morgan fingerprint density at radius 3 is 2.47 bits per heavy atom. The molecule has 8 nitrogen and oxygen atoms in total. The summed E-state index contributed by atoms with van der Waals surface area (Å²) in [5.74, 6) is -2.18. The molecule has 1 amide bonds. The van der Waals surface area contributed by atoms with Crippen molar-refractivity contribution in [1.82, 2.24) is 29.0 Å². The Bertz CT molecular complexity index is 1530. The summed E-state index contributed by atoms with van der Waals surface area (Å²) < 4.78 is 75.7. The van der Waals surface area contributed by atoms with E-state index in [0.29, 0.717) is 32.4 Å². The predicted molar refractivity (Wildman–Crippen MR) is 125 cm³/mol. The summed E-state index contributed by atoms with van der Waals surface area (Å²) in [6.07, 6.45) is 2.43. The van der Waals surface area contributed by atoms with Crippen LogP contribution in [0.3, 0.4) is 0 Å². The molecule has 0 atom stereocenters. The summed E-state index contributed by atoms with van der Waals surface area (Å²) in [7, 11) is 0. The van der Waals surface area contributed by atoms with Gasteiger partial charge in [0.15, 0.2) is 11.5 Å². The smallest absolute Gasteiger partial charge is 0.381 e. The molecule has 2 aliphatic heterocycles. The number of ether oxygens (including phenoxy) is 1. The van der Waals surface area contributed by atoms with E-state index in [4.69, 9.17) is 4.74 Å². The number of halogens is 5. The Labute approximate surface area is 213 Å². The van der Waals surface area contributed by atoms with Crippen LogP contribution in [0.1, 0.15) is 36.2 Å². The highest BCUT2D eigenvalue weighted by atomic mass is 19.4. The van der Waals surface area contributed by atoms with Gasteiger partial charge in [-0.3, -0.25) is 18.9 Å². The highest BCUT2D eigenvalue weighted by Gasteiger charge is 2.38. The number of fused-ring (bicyclic) bond motifs is 2. The van der Waals surface area contributed by atoms with Gasteiger partial charge in [-0.15, -0.1) is 0 Å². The van der Waals surface area contributed by atoms with Crippen molar-refractivity contribution in [2.24, 2.45) is 5.41 Å². The molecular weight excluding hydrogens is 511 g/mol. The molecule has 0 aromatic carbocycles. The molecule has 0 unspecified atom stereocenters. The molecule has 1 spiro atoms. The van der Waals surface area contributed by atoms with Crippen LogP contribution in [0.25, 0.3) is 27.9 Å². The Balaban J connectivity index is 1.37. The Kier molecular flexibility index (Phi) is 5.85. The first kappa shape index (κ1) is 24.7.